The lowest BCUT2D eigenvalue weighted by molar-refractivity contribution is -0.127. The molecule has 0 aromatic heterocycles. The van der Waals surface area contributed by atoms with Gasteiger partial charge in [-0.05, 0) is 36.1 Å². The van der Waals surface area contributed by atoms with Crippen molar-refractivity contribution in [1.82, 2.24) is 10.6 Å². The third kappa shape index (κ3) is 6.65. The Morgan fingerprint density at radius 1 is 1.13 bits per heavy atom. The first-order valence-corrected chi connectivity index (χ1v) is 10.4. The minimum atomic E-state index is -0.755. The lowest BCUT2D eigenvalue weighted by Crippen LogP contribution is -2.52. The second kappa shape index (κ2) is 10.7. The molecule has 0 aliphatic carbocycles. The van der Waals surface area contributed by atoms with Crippen LogP contribution in [0.25, 0.3) is 0 Å². The Morgan fingerprint density at radius 2 is 1.90 bits per heavy atom. The summed E-state index contributed by atoms with van der Waals surface area (Å²) in [4.78, 5) is 37.3. The number of benzene rings is 2. The number of amides is 2. The van der Waals surface area contributed by atoms with Crippen LogP contribution in [0.3, 0.4) is 0 Å². The monoisotopic (exact) mass is 424 g/mol. The van der Waals surface area contributed by atoms with Crippen molar-refractivity contribution in [2.75, 3.05) is 13.2 Å². The third-order valence-electron chi connectivity index (χ3n) is 4.91. The van der Waals surface area contributed by atoms with E-state index in [1.165, 1.54) is 0 Å². The zero-order valence-corrected chi connectivity index (χ0v) is 17.8. The quantitative estimate of drug-likeness (QED) is 0.645. The third-order valence-corrected chi connectivity index (χ3v) is 4.91. The Kier molecular flexibility index (Phi) is 7.78. The molecule has 0 saturated carbocycles. The van der Waals surface area contributed by atoms with Crippen molar-refractivity contribution in [3.63, 3.8) is 0 Å². The van der Waals surface area contributed by atoms with Crippen molar-refractivity contribution in [3.8, 4) is 5.75 Å². The molecule has 1 aliphatic heterocycles. The maximum absolute atomic E-state index is 12.8. The van der Waals surface area contributed by atoms with Crippen molar-refractivity contribution in [2.45, 2.75) is 39.0 Å². The molecular formula is C24H28N2O5. The highest BCUT2D eigenvalue weighted by molar-refractivity contribution is 5.99. The summed E-state index contributed by atoms with van der Waals surface area (Å²) in [5.74, 6) is -0.184. The number of rotatable bonds is 9. The van der Waals surface area contributed by atoms with E-state index in [4.69, 9.17) is 9.47 Å². The van der Waals surface area contributed by atoms with Crippen molar-refractivity contribution in [1.29, 1.82) is 0 Å². The topological polar surface area (TPSA) is 93.7 Å². The van der Waals surface area contributed by atoms with Gasteiger partial charge in [0.05, 0.1) is 6.61 Å². The maximum Gasteiger partial charge on any atom is 0.252 e. The van der Waals surface area contributed by atoms with Crippen LogP contribution in [0.2, 0.25) is 0 Å². The summed E-state index contributed by atoms with van der Waals surface area (Å²) in [5, 5.41) is 5.48. The van der Waals surface area contributed by atoms with Crippen LogP contribution in [0.4, 0.5) is 0 Å². The summed E-state index contributed by atoms with van der Waals surface area (Å²) < 4.78 is 10.9. The van der Waals surface area contributed by atoms with Gasteiger partial charge in [0.25, 0.3) is 5.91 Å². The molecule has 1 aliphatic rings. The zero-order valence-electron chi connectivity index (χ0n) is 17.8. The number of hydrogen-bond donors (Lipinski definition) is 2. The van der Waals surface area contributed by atoms with E-state index in [2.05, 4.69) is 10.6 Å². The van der Waals surface area contributed by atoms with Gasteiger partial charge in [-0.3, -0.25) is 14.4 Å². The molecule has 7 nitrogen and oxygen atoms in total. The fourth-order valence-electron chi connectivity index (χ4n) is 3.28. The van der Waals surface area contributed by atoms with Crippen LogP contribution < -0.4 is 15.4 Å². The fraction of sp³-hybridized carbons (Fsp3) is 0.375. The molecule has 2 atom stereocenters. The van der Waals surface area contributed by atoms with E-state index in [1.807, 2.05) is 44.2 Å². The van der Waals surface area contributed by atoms with Gasteiger partial charge in [0.2, 0.25) is 5.91 Å². The van der Waals surface area contributed by atoms with E-state index in [0.29, 0.717) is 24.3 Å². The number of ether oxygens (including phenoxy) is 2. The Bertz CT molecular complexity index is 913. The molecule has 0 bridgehead atoms. The molecule has 3 rings (SSSR count). The van der Waals surface area contributed by atoms with Gasteiger partial charge in [-0.25, -0.2) is 0 Å². The van der Waals surface area contributed by atoms with E-state index in [0.717, 1.165) is 5.56 Å². The predicted molar refractivity (Wildman–Crippen MR) is 116 cm³/mol. The van der Waals surface area contributed by atoms with Gasteiger partial charge >= 0.3 is 0 Å². The second-order valence-electron chi connectivity index (χ2n) is 8.00. The molecule has 0 radical (unpaired) electrons. The number of Topliss-reactive ketones (excluding diaryl/α,β-unsaturated/α-hetero) is 1. The second-order valence-corrected chi connectivity index (χ2v) is 8.00. The smallest absolute Gasteiger partial charge is 0.252 e. The summed E-state index contributed by atoms with van der Waals surface area (Å²) in [6.45, 7) is 4.49. The summed E-state index contributed by atoms with van der Waals surface area (Å²) >= 11 is 0. The molecule has 2 amide bonds. The van der Waals surface area contributed by atoms with E-state index >= 15 is 0 Å². The Labute approximate surface area is 182 Å². The van der Waals surface area contributed by atoms with Gasteiger partial charge in [-0.1, -0.05) is 50.2 Å². The molecule has 1 saturated heterocycles. The van der Waals surface area contributed by atoms with E-state index in [-0.39, 0.29) is 36.7 Å². The molecular weight excluding hydrogens is 396 g/mol. The average molecular weight is 424 g/mol. The fourth-order valence-corrected chi connectivity index (χ4v) is 3.28. The van der Waals surface area contributed by atoms with Gasteiger partial charge in [-0.2, -0.15) is 0 Å². The van der Waals surface area contributed by atoms with Crippen molar-refractivity contribution < 1.29 is 23.9 Å². The lowest BCUT2D eigenvalue weighted by atomic mass is 10.0. The average Bonchev–Trinajstić information content (AvgIpc) is 3.16. The van der Waals surface area contributed by atoms with Gasteiger partial charge in [-0.15, -0.1) is 0 Å². The minimum Gasteiger partial charge on any atom is -0.489 e. The first-order valence-electron chi connectivity index (χ1n) is 10.4. The van der Waals surface area contributed by atoms with Gasteiger partial charge in [0.1, 0.15) is 31.0 Å². The van der Waals surface area contributed by atoms with E-state index in [1.54, 1.807) is 24.3 Å². The summed E-state index contributed by atoms with van der Waals surface area (Å²) in [7, 11) is 0. The first-order chi connectivity index (χ1) is 14.9. The molecule has 7 heteroatoms. The summed E-state index contributed by atoms with van der Waals surface area (Å²) in [6, 6.07) is 15.2. The lowest BCUT2D eigenvalue weighted by Gasteiger charge is -2.22. The first kappa shape index (κ1) is 22.5. The Hall–Kier alpha value is -3.19. The molecule has 0 unspecified atom stereocenters. The van der Waals surface area contributed by atoms with E-state index in [9.17, 15) is 14.4 Å². The minimum absolute atomic E-state index is 0.00191. The number of hydrogen-bond acceptors (Lipinski definition) is 5. The van der Waals surface area contributed by atoms with Crippen LogP contribution in [-0.4, -0.2) is 42.9 Å². The molecule has 31 heavy (non-hydrogen) atoms. The summed E-state index contributed by atoms with van der Waals surface area (Å²) in [5.41, 5.74) is 1.42. The van der Waals surface area contributed by atoms with Crippen LogP contribution in [0.5, 0.6) is 5.75 Å². The van der Waals surface area contributed by atoms with Crippen LogP contribution in [0.1, 0.15) is 36.2 Å². The van der Waals surface area contributed by atoms with Gasteiger partial charge in [0, 0.05) is 5.56 Å². The number of carbonyl (C=O) groups excluding carboxylic acids is 3. The zero-order chi connectivity index (χ0) is 22.2. The van der Waals surface area contributed by atoms with Crippen molar-refractivity contribution >= 4 is 17.6 Å². The van der Waals surface area contributed by atoms with Gasteiger partial charge < -0.3 is 20.1 Å². The SMILES string of the molecule is CC(C)C[C@H](NC(=O)c1cccc(OCc2ccccc2)c1)C(=O)N[C@H]1COCC1=O. The van der Waals surface area contributed by atoms with E-state index < -0.39 is 12.1 Å². The molecule has 1 heterocycles. The predicted octanol–water partition coefficient (Wildman–Crippen LogP) is 2.49. The molecule has 1 fully saturated rings. The van der Waals surface area contributed by atoms with Crippen LogP contribution in [0.15, 0.2) is 54.6 Å². The summed E-state index contributed by atoms with van der Waals surface area (Å²) in [6.07, 6.45) is 0.448. The number of ketones is 1. The van der Waals surface area contributed by atoms with Crippen LogP contribution in [-0.2, 0) is 20.9 Å². The molecule has 2 aromatic carbocycles. The van der Waals surface area contributed by atoms with Crippen molar-refractivity contribution in [3.05, 3.63) is 65.7 Å². The van der Waals surface area contributed by atoms with Crippen LogP contribution >= 0.6 is 0 Å². The molecule has 164 valence electrons. The standard InChI is InChI=1S/C24H28N2O5/c1-16(2)11-20(24(29)26-21-14-30-15-22(21)27)25-23(28)18-9-6-10-19(12-18)31-13-17-7-4-3-5-8-17/h3-10,12,16,20-21H,11,13-15H2,1-2H3,(H,25,28)(H,26,29)/t20-,21-/m0/s1. The van der Waals surface area contributed by atoms with Crippen molar-refractivity contribution in [2.24, 2.45) is 5.92 Å². The van der Waals surface area contributed by atoms with Gasteiger partial charge in [0.15, 0.2) is 5.78 Å². The highest BCUT2D eigenvalue weighted by Gasteiger charge is 2.30. The highest BCUT2D eigenvalue weighted by atomic mass is 16.5. The Balaban J connectivity index is 1.63. The molecule has 2 N–H and O–H groups in total. The Morgan fingerprint density at radius 3 is 2.58 bits per heavy atom. The maximum atomic E-state index is 12.8. The molecule has 2 aromatic rings. The molecule has 0 spiro atoms. The highest BCUT2D eigenvalue weighted by Crippen LogP contribution is 2.16. The van der Waals surface area contributed by atoms with Crippen LogP contribution in [0, 0.1) is 5.92 Å². The normalized spacial score (nSPS) is 16.7. The largest absolute Gasteiger partial charge is 0.489 e. The number of carbonyl (C=O) groups is 3. The number of nitrogens with one attached hydrogen (secondary N) is 2.